The summed E-state index contributed by atoms with van der Waals surface area (Å²) in [5, 5.41) is 4.12. The number of halogens is 1. The fourth-order valence-corrected chi connectivity index (χ4v) is 2.03. The van der Waals surface area contributed by atoms with Crippen LogP contribution in [0.4, 0.5) is 0 Å². The van der Waals surface area contributed by atoms with Crippen LogP contribution in [0, 0.1) is 0 Å². The van der Waals surface area contributed by atoms with Crippen molar-refractivity contribution < 1.29 is 9.47 Å². The summed E-state index contributed by atoms with van der Waals surface area (Å²) in [6.45, 7) is 3.39. The van der Waals surface area contributed by atoms with Gasteiger partial charge in [0, 0.05) is 19.7 Å². The van der Waals surface area contributed by atoms with Crippen LogP contribution in [-0.4, -0.2) is 25.9 Å². The molecule has 0 aromatic heterocycles. The van der Waals surface area contributed by atoms with E-state index in [0.29, 0.717) is 17.7 Å². The molecular formula is C14H20ClNO2. The maximum Gasteiger partial charge on any atom is 0.138 e. The van der Waals surface area contributed by atoms with E-state index in [-0.39, 0.29) is 6.10 Å². The first-order valence-corrected chi connectivity index (χ1v) is 6.74. The number of hydrogen-bond donors (Lipinski definition) is 1. The van der Waals surface area contributed by atoms with Gasteiger partial charge in [0.25, 0.3) is 0 Å². The number of methoxy groups -OCH3 is 1. The number of hydrogen-bond acceptors (Lipinski definition) is 3. The highest BCUT2D eigenvalue weighted by molar-refractivity contribution is 6.32. The van der Waals surface area contributed by atoms with E-state index in [1.54, 1.807) is 7.11 Å². The van der Waals surface area contributed by atoms with Crippen LogP contribution in [0.25, 0.3) is 0 Å². The van der Waals surface area contributed by atoms with Gasteiger partial charge in [-0.05, 0) is 37.5 Å². The van der Waals surface area contributed by atoms with Gasteiger partial charge in [-0.1, -0.05) is 17.7 Å². The van der Waals surface area contributed by atoms with Crippen LogP contribution in [0.15, 0.2) is 18.2 Å². The molecule has 1 unspecified atom stereocenters. The molecule has 0 saturated heterocycles. The van der Waals surface area contributed by atoms with Crippen molar-refractivity contribution in [2.45, 2.75) is 38.5 Å². The van der Waals surface area contributed by atoms with Crippen molar-refractivity contribution in [1.82, 2.24) is 5.32 Å². The Morgan fingerprint density at radius 1 is 1.44 bits per heavy atom. The fourth-order valence-electron chi connectivity index (χ4n) is 1.79. The van der Waals surface area contributed by atoms with Gasteiger partial charge in [-0.2, -0.15) is 0 Å². The predicted molar refractivity (Wildman–Crippen MR) is 73.3 cm³/mol. The lowest BCUT2D eigenvalue weighted by Crippen LogP contribution is -2.18. The normalized spacial score (nSPS) is 16.6. The highest BCUT2D eigenvalue weighted by Gasteiger charge is 2.20. The summed E-state index contributed by atoms with van der Waals surface area (Å²) in [5.41, 5.74) is 1.19. The second-order valence-corrected chi connectivity index (χ2v) is 5.21. The molecule has 1 fully saturated rings. The van der Waals surface area contributed by atoms with Crippen molar-refractivity contribution in [3.8, 4) is 5.75 Å². The number of ether oxygens (including phenoxy) is 2. The Kier molecular flexibility index (Phi) is 4.87. The van der Waals surface area contributed by atoms with E-state index in [0.717, 1.165) is 12.3 Å². The average Bonchev–Trinajstić information content (AvgIpc) is 3.14. The summed E-state index contributed by atoms with van der Waals surface area (Å²) in [6, 6.07) is 6.65. The van der Waals surface area contributed by atoms with E-state index >= 15 is 0 Å². The lowest BCUT2D eigenvalue weighted by atomic mass is 10.2. The number of nitrogens with one attached hydrogen (secondary N) is 1. The van der Waals surface area contributed by atoms with Gasteiger partial charge >= 0.3 is 0 Å². The van der Waals surface area contributed by atoms with Crippen LogP contribution < -0.4 is 10.1 Å². The lowest BCUT2D eigenvalue weighted by molar-refractivity contribution is 0.0921. The van der Waals surface area contributed by atoms with Gasteiger partial charge in [0.15, 0.2) is 0 Å². The number of benzene rings is 1. The smallest absolute Gasteiger partial charge is 0.138 e. The van der Waals surface area contributed by atoms with Crippen LogP contribution in [-0.2, 0) is 11.3 Å². The van der Waals surface area contributed by atoms with Gasteiger partial charge in [-0.15, -0.1) is 0 Å². The summed E-state index contributed by atoms with van der Waals surface area (Å²) >= 11 is 6.21. The summed E-state index contributed by atoms with van der Waals surface area (Å²) in [5.74, 6) is 0.719. The standard InChI is InChI=1S/C14H20ClNO2/c1-10(9-17-2)18-14-6-3-11(7-13(14)15)8-16-12-4-5-12/h3,6-7,10,12,16H,4-5,8-9H2,1-2H3. The molecule has 100 valence electrons. The van der Waals surface area contributed by atoms with Gasteiger partial charge in [0.2, 0.25) is 0 Å². The fraction of sp³-hybridized carbons (Fsp3) is 0.571. The highest BCUT2D eigenvalue weighted by Crippen LogP contribution is 2.27. The monoisotopic (exact) mass is 269 g/mol. The van der Waals surface area contributed by atoms with E-state index in [2.05, 4.69) is 11.4 Å². The first-order chi connectivity index (χ1) is 8.69. The minimum atomic E-state index is 0.00272. The Morgan fingerprint density at radius 2 is 2.22 bits per heavy atom. The Bertz CT molecular complexity index is 393. The van der Waals surface area contributed by atoms with Crippen molar-refractivity contribution in [3.63, 3.8) is 0 Å². The van der Waals surface area contributed by atoms with Crippen LogP contribution >= 0.6 is 11.6 Å². The van der Waals surface area contributed by atoms with Crippen molar-refractivity contribution in [3.05, 3.63) is 28.8 Å². The topological polar surface area (TPSA) is 30.5 Å². The van der Waals surface area contributed by atoms with E-state index in [9.17, 15) is 0 Å². The van der Waals surface area contributed by atoms with Crippen LogP contribution in [0.2, 0.25) is 5.02 Å². The van der Waals surface area contributed by atoms with E-state index in [1.807, 2.05) is 19.1 Å². The molecule has 1 atom stereocenters. The summed E-state index contributed by atoms with van der Waals surface area (Å²) in [4.78, 5) is 0. The molecule has 2 rings (SSSR count). The molecule has 0 amide bonds. The van der Waals surface area contributed by atoms with Gasteiger partial charge in [-0.25, -0.2) is 0 Å². The Hall–Kier alpha value is -0.770. The first kappa shape index (κ1) is 13.7. The molecule has 0 aliphatic heterocycles. The van der Waals surface area contributed by atoms with Gasteiger partial charge < -0.3 is 14.8 Å². The molecule has 0 bridgehead atoms. The third-order valence-corrected chi connectivity index (χ3v) is 3.19. The molecule has 4 heteroatoms. The molecular weight excluding hydrogens is 250 g/mol. The van der Waals surface area contributed by atoms with Crippen molar-refractivity contribution in [2.24, 2.45) is 0 Å². The van der Waals surface area contributed by atoms with Crippen LogP contribution in [0.5, 0.6) is 5.75 Å². The Morgan fingerprint density at radius 3 is 2.83 bits per heavy atom. The van der Waals surface area contributed by atoms with Crippen molar-refractivity contribution in [2.75, 3.05) is 13.7 Å². The molecule has 18 heavy (non-hydrogen) atoms. The Labute approximate surface area is 113 Å². The minimum absolute atomic E-state index is 0.00272. The quantitative estimate of drug-likeness (QED) is 0.825. The van der Waals surface area contributed by atoms with Crippen molar-refractivity contribution >= 4 is 11.6 Å². The Balaban J connectivity index is 1.90. The zero-order valence-corrected chi connectivity index (χ0v) is 11.7. The highest BCUT2D eigenvalue weighted by atomic mass is 35.5. The molecule has 1 saturated carbocycles. The second kappa shape index (κ2) is 6.41. The average molecular weight is 270 g/mol. The molecule has 1 aromatic carbocycles. The van der Waals surface area contributed by atoms with E-state index in [4.69, 9.17) is 21.1 Å². The van der Waals surface area contributed by atoms with Gasteiger partial charge in [0.1, 0.15) is 11.9 Å². The molecule has 1 N–H and O–H groups in total. The minimum Gasteiger partial charge on any atom is -0.487 e. The van der Waals surface area contributed by atoms with Crippen LogP contribution in [0.3, 0.4) is 0 Å². The molecule has 1 aliphatic rings. The molecule has 0 spiro atoms. The van der Waals surface area contributed by atoms with Crippen molar-refractivity contribution in [1.29, 1.82) is 0 Å². The third kappa shape index (κ3) is 4.16. The predicted octanol–water partition coefficient (Wildman–Crippen LogP) is 3.01. The third-order valence-electron chi connectivity index (χ3n) is 2.90. The van der Waals surface area contributed by atoms with E-state index < -0.39 is 0 Å². The zero-order chi connectivity index (χ0) is 13.0. The van der Waals surface area contributed by atoms with E-state index in [1.165, 1.54) is 18.4 Å². The van der Waals surface area contributed by atoms with Gasteiger partial charge in [-0.3, -0.25) is 0 Å². The SMILES string of the molecule is COCC(C)Oc1ccc(CNC2CC2)cc1Cl. The molecule has 3 nitrogen and oxygen atoms in total. The molecule has 0 radical (unpaired) electrons. The zero-order valence-electron chi connectivity index (χ0n) is 10.9. The maximum atomic E-state index is 6.21. The maximum absolute atomic E-state index is 6.21. The number of rotatable bonds is 7. The van der Waals surface area contributed by atoms with Crippen LogP contribution in [0.1, 0.15) is 25.3 Å². The molecule has 1 aromatic rings. The summed E-state index contributed by atoms with van der Waals surface area (Å²) < 4.78 is 10.7. The summed E-state index contributed by atoms with van der Waals surface area (Å²) in [6.07, 6.45) is 2.59. The molecule has 1 aliphatic carbocycles. The molecule has 0 heterocycles. The summed E-state index contributed by atoms with van der Waals surface area (Å²) in [7, 11) is 1.66. The second-order valence-electron chi connectivity index (χ2n) is 4.80. The first-order valence-electron chi connectivity index (χ1n) is 6.36. The van der Waals surface area contributed by atoms with Gasteiger partial charge in [0.05, 0.1) is 11.6 Å². The largest absolute Gasteiger partial charge is 0.487 e. The lowest BCUT2D eigenvalue weighted by Gasteiger charge is -2.15.